The highest BCUT2D eigenvalue weighted by molar-refractivity contribution is 5.89. The van der Waals surface area contributed by atoms with Crippen LogP contribution in [0.25, 0.3) is 10.9 Å². The van der Waals surface area contributed by atoms with Crippen molar-refractivity contribution in [1.29, 1.82) is 0 Å². The van der Waals surface area contributed by atoms with Gasteiger partial charge in [0.1, 0.15) is 0 Å². The van der Waals surface area contributed by atoms with E-state index in [4.69, 9.17) is 0 Å². The van der Waals surface area contributed by atoms with E-state index in [2.05, 4.69) is 36.0 Å². The molecule has 0 saturated heterocycles. The summed E-state index contributed by atoms with van der Waals surface area (Å²) in [7, 11) is 2.09. The molecule has 0 atom stereocenters. The molecule has 1 aliphatic rings. The van der Waals surface area contributed by atoms with Crippen molar-refractivity contribution >= 4 is 16.8 Å². The van der Waals surface area contributed by atoms with Crippen LogP contribution in [0.15, 0.2) is 24.4 Å². The fraction of sp³-hybridized carbons (Fsp3) is 0.471. The summed E-state index contributed by atoms with van der Waals surface area (Å²) in [4.78, 5) is 14.6. The molecule has 0 spiro atoms. The first-order valence-electron chi connectivity index (χ1n) is 7.23. The lowest BCUT2D eigenvalue weighted by atomic mass is 9.94. The first-order valence-corrected chi connectivity index (χ1v) is 7.23. The molecule has 1 aliphatic heterocycles. The summed E-state index contributed by atoms with van der Waals surface area (Å²) in [5, 5.41) is 1.35. The number of rotatable bonds is 0. The van der Waals surface area contributed by atoms with E-state index >= 15 is 0 Å². The largest absolute Gasteiger partial charge is 0.350 e. The van der Waals surface area contributed by atoms with Crippen molar-refractivity contribution in [3.63, 3.8) is 0 Å². The van der Waals surface area contributed by atoms with Gasteiger partial charge in [0.05, 0.1) is 0 Å². The Labute approximate surface area is 120 Å². The average molecular weight is 270 g/mol. The number of amides is 1. The zero-order valence-corrected chi connectivity index (χ0v) is 12.7. The molecule has 20 heavy (non-hydrogen) atoms. The second kappa shape index (κ2) is 4.37. The zero-order chi connectivity index (χ0) is 14.5. The standard InChI is InChI=1S/C17H22N2O/c1-17(2,3)16(20)19-9-8-13-10-18(4)14-7-5-6-12(11-19)15(13)14/h5-7,10H,8-9,11H2,1-4H3. The van der Waals surface area contributed by atoms with Gasteiger partial charge < -0.3 is 9.47 Å². The maximum Gasteiger partial charge on any atom is 0.228 e. The first-order chi connectivity index (χ1) is 9.38. The van der Waals surface area contributed by atoms with E-state index in [0.717, 1.165) is 19.5 Å². The summed E-state index contributed by atoms with van der Waals surface area (Å²) < 4.78 is 2.19. The van der Waals surface area contributed by atoms with Crippen LogP contribution < -0.4 is 0 Å². The third-order valence-electron chi connectivity index (χ3n) is 4.12. The van der Waals surface area contributed by atoms with Crippen molar-refractivity contribution in [3.8, 4) is 0 Å². The van der Waals surface area contributed by atoms with Gasteiger partial charge in [-0.1, -0.05) is 32.9 Å². The Morgan fingerprint density at radius 3 is 2.65 bits per heavy atom. The molecule has 0 radical (unpaired) electrons. The molecule has 106 valence electrons. The Morgan fingerprint density at radius 1 is 1.20 bits per heavy atom. The monoisotopic (exact) mass is 270 g/mol. The van der Waals surface area contributed by atoms with Gasteiger partial charge in [-0.2, -0.15) is 0 Å². The Morgan fingerprint density at radius 2 is 1.95 bits per heavy atom. The molecule has 0 aliphatic carbocycles. The third kappa shape index (κ3) is 2.01. The molecule has 1 aromatic carbocycles. The van der Waals surface area contributed by atoms with Crippen LogP contribution in [-0.2, 0) is 24.8 Å². The summed E-state index contributed by atoms with van der Waals surface area (Å²) in [6.07, 6.45) is 3.15. The highest BCUT2D eigenvalue weighted by Gasteiger charge is 2.29. The van der Waals surface area contributed by atoms with Crippen LogP contribution in [0.1, 0.15) is 31.9 Å². The third-order valence-corrected chi connectivity index (χ3v) is 4.12. The Bertz CT molecular complexity index is 676. The number of aromatic nitrogens is 1. The predicted octanol–water partition coefficient (Wildman–Crippen LogP) is 3.11. The van der Waals surface area contributed by atoms with E-state index in [1.807, 2.05) is 25.7 Å². The number of carbonyl (C=O) groups is 1. The van der Waals surface area contributed by atoms with Gasteiger partial charge in [-0.25, -0.2) is 0 Å². The van der Waals surface area contributed by atoms with Crippen molar-refractivity contribution in [3.05, 3.63) is 35.5 Å². The van der Waals surface area contributed by atoms with E-state index < -0.39 is 0 Å². The van der Waals surface area contributed by atoms with Gasteiger partial charge in [0.25, 0.3) is 0 Å². The van der Waals surface area contributed by atoms with Gasteiger partial charge in [-0.05, 0) is 23.6 Å². The summed E-state index contributed by atoms with van der Waals surface area (Å²) >= 11 is 0. The van der Waals surface area contributed by atoms with E-state index in [-0.39, 0.29) is 11.3 Å². The molecule has 0 N–H and O–H groups in total. The minimum atomic E-state index is -0.313. The van der Waals surface area contributed by atoms with Crippen molar-refractivity contribution in [2.75, 3.05) is 6.54 Å². The van der Waals surface area contributed by atoms with Crippen LogP contribution in [0.5, 0.6) is 0 Å². The van der Waals surface area contributed by atoms with Crippen molar-refractivity contribution in [2.24, 2.45) is 12.5 Å². The van der Waals surface area contributed by atoms with Crippen LogP contribution in [-0.4, -0.2) is 21.9 Å². The quantitative estimate of drug-likeness (QED) is 0.722. The molecule has 3 rings (SSSR count). The number of aryl methyl sites for hydroxylation is 1. The SMILES string of the molecule is Cn1cc2c3c(cccc31)CN(C(=O)C(C)(C)C)CC2. The summed E-state index contributed by atoms with van der Waals surface area (Å²) in [5.41, 5.74) is 3.59. The van der Waals surface area contributed by atoms with Gasteiger partial charge in [0.2, 0.25) is 5.91 Å². The van der Waals surface area contributed by atoms with E-state index in [1.165, 1.54) is 22.0 Å². The molecule has 1 aromatic heterocycles. The van der Waals surface area contributed by atoms with Crippen molar-refractivity contribution in [2.45, 2.75) is 33.7 Å². The van der Waals surface area contributed by atoms with Crippen molar-refractivity contribution < 1.29 is 4.79 Å². The predicted molar refractivity (Wildman–Crippen MR) is 81.5 cm³/mol. The molecule has 3 nitrogen and oxygen atoms in total. The molecular weight excluding hydrogens is 248 g/mol. The van der Waals surface area contributed by atoms with E-state index in [1.54, 1.807) is 0 Å². The maximum atomic E-state index is 12.6. The lowest BCUT2D eigenvalue weighted by Gasteiger charge is -2.28. The zero-order valence-electron chi connectivity index (χ0n) is 12.7. The maximum absolute atomic E-state index is 12.6. The van der Waals surface area contributed by atoms with Crippen LogP contribution in [0.2, 0.25) is 0 Å². The highest BCUT2D eigenvalue weighted by atomic mass is 16.2. The molecule has 3 heteroatoms. The second-order valence-corrected chi connectivity index (χ2v) is 6.80. The lowest BCUT2D eigenvalue weighted by molar-refractivity contribution is -0.140. The van der Waals surface area contributed by atoms with Gasteiger partial charge in [0, 0.05) is 42.7 Å². The Kier molecular flexibility index (Phi) is 2.89. The fourth-order valence-electron chi connectivity index (χ4n) is 3.13. The average Bonchev–Trinajstić information content (AvgIpc) is 2.59. The van der Waals surface area contributed by atoms with Crippen LogP contribution in [0.3, 0.4) is 0 Å². The normalized spacial score (nSPS) is 15.5. The summed E-state index contributed by atoms with van der Waals surface area (Å²) in [6, 6.07) is 6.40. The molecule has 2 aromatic rings. The van der Waals surface area contributed by atoms with Gasteiger partial charge >= 0.3 is 0 Å². The fourth-order valence-corrected chi connectivity index (χ4v) is 3.13. The number of carbonyl (C=O) groups excluding carboxylic acids is 1. The first kappa shape index (κ1) is 13.2. The Hall–Kier alpha value is -1.77. The summed E-state index contributed by atoms with van der Waals surface area (Å²) in [5.74, 6) is 0.240. The minimum Gasteiger partial charge on any atom is -0.350 e. The molecule has 1 amide bonds. The van der Waals surface area contributed by atoms with Crippen LogP contribution >= 0.6 is 0 Å². The number of nitrogens with zero attached hydrogens (tertiary/aromatic N) is 2. The molecule has 0 fully saturated rings. The molecule has 0 unspecified atom stereocenters. The molecule has 0 saturated carbocycles. The highest BCUT2D eigenvalue weighted by Crippen LogP contribution is 2.30. The minimum absolute atomic E-state index is 0.240. The number of hydrogen-bond acceptors (Lipinski definition) is 1. The van der Waals surface area contributed by atoms with E-state index in [9.17, 15) is 4.79 Å². The van der Waals surface area contributed by atoms with Crippen LogP contribution in [0, 0.1) is 5.41 Å². The molecule has 0 bridgehead atoms. The van der Waals surface area contributed by atoms with Gasteiger partial charge in [-0.15, -0.1) is 0 Å². The van der Waals surface area contributed by atoms with Crippen molar-refractivity contribution in [1.82, 2.24) is 9.47 Å². The molecular formula is C17H22N2O. The smallest absolute Gasteiger partial charge is 0.228 e. The van der Waals surface area contributed by atoms with Gasteiger partial charge in [-0.3, -0.25) is 4.79 Å². The number of benzene rings is 1. The second-order valence-electron chi connectivity index (χ2n) is 6.80. The van der Waals surface area contributed by atoms with E-state index in [0.29, 0.717) is 0 Å². The van der Waals surface area contributed by atoms with Crippen LogP contribution in [0.4, 0.5) is 0 Å². The molecule has 2 heterocycles. The summed E-state index contributed by atoms with van der Waals surface area (Å²) in [6.45, 7) is 7.52. The van der Waals surface area contributed by atoms with Gasteiger partial charge in [0.15, 0.2) is 0 Å². The number of hydrogen-bond donors (Lipinski definition) is 0. The lowest BCUT2D eigenvalue weighted by Crippen LogP contribution is -2.39. The topological polar surface area (TPSA) is 25.2 Å². The Balaban J connectivity index is 2.05.